The van der Waals surface area contributed by atoms with Crippen LogP contribution in [0.2, 0.25) is 0 Å². The fraction of sp³-hybridized carbons (Fsp3) is 0.438. The molecule has 7 heteroatoms. The molecule has 3 N–H and O–H groups in total. The number of carbonyl (C=O) groups is 3. The molecule has 1 saturated heterocycles. The molecule has 0 spiro atoms. The van der Waals surface area contributed by atoms with Crippen LogP contribution in [0.25, 0.3) is 0 Å². The Balaban J connectivity index is 1.89. The highest BCUT2D eigenvalue weighted by molar-refractivity contribution is 5.86. The summed E-state index contributed by atoms with van der Waals surface area (Å²) < 4.78 is 4.63. The first kappa shape index (κ1) is 17.0. The van der Waals surface area contributed by atoms with Crippen molar-refractivity contribution in [3.63, 3.8) is 0 Å². The van der Waals surface area contributed by atoms with Gasteiger partial charge in [-0.3, -0.25) is 14.4 Å². The van der Waals surface area contributed by atoms with E-state index in [-0.39, 0.29) is 24.8 Å². The molecule has 0 bridgehead atoms. The van der Waals surface area contributed by atoms with Gasteiger partial charge in [-0.2, -0.15) is 0 Å². The maximum Gasteiger partial charge on any atom is 0.312 e. The van der Waals surface area contributed by atoms with Crippen LogP contribution in [-0.4, -0.2) is 50.6 Å². The number of nitrogens with one attached hydrogen (secondary N) is 3. The number of methoxy groups -OCH3 is 1. The summed E-state index contributed by atoms with van der Waals surface area (Å²) in [6, 6.07) is 9.02. The fourth-order valence-electron chi connectivity index (χ4n) is 2.59. The molecule has 7 nitrogen and oxygen atoms in total. The normalized spacial score (nSPS) is 20.5. The SMILES string of the molecule is COC(=O)C[C@H]1C(=O)NCC[NH+]1CC(=O)NCc1ccccc1. The van der Waals surface area contributed by atoms with Crippen molar-refractivity contribution >= 4 is 17.8 Å². The second-order valence-electron chi connectivity index (χ2n) is 5.47. The van der Waals surface area contributed by atoms with Gasteiger partial charge >= 0.3 is 5.97 Å². The average Bonchev–Trinajstić information content (AvgIpc) is 2.57. The lowest BCUT2D eigenvalue weighted by atomic mass is 10.1. The summed E-state index contributed by atoms with van der Waals surface area (Å²) >= 11 is 0. The largest absolute Gasteiger partial charge is 0.469 e. The minimum Gasteiger partial charge on any atom is -0.469 e. The molecule has 2 rings (SSSR count). The number of quaternary nitrogens is 1. The van der Waals surface area contributed by atoms with E-state index in [9.17, 15) is 14.4 Å². The summed E-state index contributed by atoms with van der Waals surface area (Å²) in [5.41, 5.74) is 1.01. The first-order valence-corrected chi connectivity index (χ1v) is 7.60. The predicted octanol–water partition coefficient (Wildman–Crippen LogP) is -1.75. The zero-order valence-electron chi connectivity index (χ0n) is 13.1. The van der Waals surface area contributed by atoms with Gasteiger partial charge in [0.2, 0.25) is 0 Å². The molecule has 1 aliphatic rings. The molecule has 0 saturated carbocycles. The first-order chi connectivity index (χ1) is 11.1. The number of amides is 2. The lowest BCUT2D eigenvalue weighted by molar-refractivity contribution is -0.909. The Bertz CT molecular complexity index is 562. The zero-order chi connectivity index (χ0) is 16.7. The van der Waals surface area contributed by atoms with Crippen molar-refractivity contribution in [1.82, 2.24) is 10.6 Å². The van der Waals surface area contributed by atoms with Gasteiger partial charge in [-0.05, 0) is 5.56 Å². The predicted molar refractivity (Wildman–Crippen MR) is 82.4 cm³/mol. The number of rotatable bonds is 6. The van der Waals surface area contributed by atoms with Crippen LogP contribution in [0.4, 0.5) is 0 Å². The van der Waals surface area contributed by atoms with Crippen molar-refractivity contribution in [3.05, 3.63) is 35.9 Å². The van der Waals surface area contributed by atoms with Crippen molar-refractivity contribution in [2.24, 2.45) is 0 Å². The zero-order valence-corrected chi connectivity index (χ0v) is 13.1. The topological polar surface area (TPSA) is 88.9 Å². The third-order valence-corrected chi connectivity index (χ3v) is 3.87. The molecule has 1 heterocycles. The van der Waals surface area contributed by atoms with E-state index in [1.807, 2.05) is 30.3 Å². The molecule has 1 fully saturated rings. The third kappa shape index (κ3) is 5.07. The van der Waals surface area contributed by atoms with Gasteiger partial charge in [-0.25, -0.2) is 0 Å². The van der Waals surface area contributed by atoms with E-state index in [0.717, 1.165) is 10.5 Å². The first-order valence-electron chi connectivity index (χ1n) is 7.60. The lowest BCUT2D eigenvalue weighted by Gasteiger charge is -2.30. The molecular formula is C16H22N3O4+. The van der Waals surface area contributed by atoms with Crippen molar-refractivity contribution in [2.45, 2.75) is 19.0 Å². The van der Waals surface area contributed by atoms with Crippen LogP contribution in [0.3, 0.4) is 0 Å². The number of piperazine rings is 1. The Kier molecular flexibility index (Phi) is 6.10. The standard InChI is InChI=1S/C16H21N3O4/c1-23-15(21)9-13-16(22)17-7-8-19(13)11-14(20)18-10-12-5-3-2-4-6-12/h2-6,13H,7-11H2,1H3,(H,17,22)(H,18,20)/p+1/t13-/m0/s1. The van der Waals surface area contributed by atoms with Crippen LogP contribution in [0.5, 0.6) is 0 Å². The van der Waals surface area contributed by atoms with E-state index in [4.69, 9.17) is 0 Å². The number of ether oxygens (including phenoxy) is 1. The Morgan fingerprint density at radius 1 is 1.35 bits per heavy atom. The van der Waals surface area contributed by atoms with Gasteiger partial charge in [0.25, 0.3) is 11.8 Å². The van der Waals surface area contributed by atoms with Crippen molar-refractivity contribution in [2.75, 3.05) is 26.7 Å². The molecule has 0 aromatic heterocycles. The number of hydrogen-bond donors (Lipinski definition) is 3. The third-order valence-electron chi connectivity index (χ3n) is 3.87. The highest BCUT2D eigenvalue weighted by atomic mass is 16.5. The molecule has 2 atom stereocenters. The Morgan fingerprint density at radius 3 is 2.78 bits per heavy atom. The minimum absolute atomic E-state index is 0.0242. The minimum atomic E-state index is -0.585. The molecule has 1 aromatic rings. The number of benzene rings is 1. The van der Waals surface area contributed by atoms with Crippen LogP contribution in [0.1, 0.15) is 12.0 Å². The Hall–Kier alpha value is -2.41. The average molecular weight is 320 g/mol. The Labute approximate surface area is 135 Å². The highest BCUT2D eigenvalue weighted by Crippen LogP contribution is 1.97. The summed E-state index contributed by atoms with van der Waals surface area (Å²) in [6.45, 7) is 1.70. The highest BCUT2D eigenvalue weighted by Gasteiger charge is 2.36. The summed E-state index contributed by atoms with van der Waals surface area (Å²) in [5.74, 6) is -0.810. The van der Waals surface area contributed by atoms with Gasteiger partial charge in [-0.1, -0.05) is 30.3 Å². The van der Waals surface area contributed by atoms with Gasteiger partial charge in [0.05, 0.1) is 20.2 Å². The van der Waals surface area contributed by atoms with E-state index in [2.05, 4.69) is 15.4 Å². The van der Waals surface area contributed by atoms with E-state index >= 15 is 0 Å². The molecule has 0 radical (unpaired) electrons. The maximum absolute atomic E-state index is 12.1. The van der Waals surface area contributed by atoms with E-state index in [1.54, 1.807) is 0 Å². The molecule has 0 aliphatic carbocycles. The maximum atomic E-state index is 12.1. The van der Waals surface area contributed by atoms with Crippen LogP contribution < -0.4 is 15.5 Å². The summed E-state index contributed by atoms with van der Waals surface area (Å²) in [6.07, 6.45) is -0.0242. The van der Waals surface area contributed by atoms with Gasteiger partial charge < -0.3 is 20.3 Å². The van der Waals surface area contributed by atoms with Gasteiger partial charge in [0.1, 0.15) is 6.42 Å². The second kappa shape index (κ2) is 8.28. The van der Waals surface area contributed by atoms with Crippen molar-refractivity contribution in [1.29, 1.82) is 0 Å². The van der Waals surface area contributed by atoms with Gasteiger partial charge in [0.15, 0.2) is 12.6 Å². The smallest absolute Gasteiger partial charge is 0.312 e. The molecular weight excluding hydrogens is 298 g/mol. The van der Waals surface area contributed by atoms with Crippen LogP contribution >= 0.6 is 0 Å². The van der Waals surface area contributed by atoms with Crippen LogP contribution in [-0.2, 0) is 25.7 Å². The quantitative estimate of drug-likeness (QED) is 0.542. The van der Waals surface area contributed by atoms with E-state index < -0.39 is 12.0 Å². The van der Waals surface area contributed by atoms with Crippen LogP contribution in [0, 0.1) is 0 Å². The second-order valence-corrected chi connectivity index (χ2v) is 5.47. The molecule has 1 unspecified atom stereocenters. The molecule has 23 heavy (non-hydrogen) atoms. The van der Waals surface area contributed by atoms with Crippen LogP contribution in [0.15, 0.2) is 30.3 Å². The molecule has 124 valence electrons. The van der Waals surface area contributed by atoms with E-state index in [0.29, 0.717) is 19.6 Å². The number of hydrogen-bond acceptors (Lipinski definition) is 4. The summed E-state index contributed by atoms with van der Waals surface area (Å²) in [7, 11) is 1.29. The van der Waals surface area contributed by atoms with E-state index in [1.165, 1.54) is 7.11 Å². The summed E-state index contributed by atoms with van der Waals surface area (Å²) in [4.78, 5) is 36.3. The Morgan fingerprint density at radius 2 is 2.09 bits per heavy atom. The van der Waals surface area contributed by atoms with Gasteiger partial charge in [-0.15, -0.1) is 0 Å². The van der Waals surface area contributed by atoms with Crippen molar-refractivity contribution in [3.8, 4) is 0 Å². The monoisotopic (exact) mass is 320 g/mol. The fourth-order valence-corrected chi connectivity index (χ4v) is 2.59. The molecule has 1 aliphatic heterocycles. The number of carbonyl (C=O) groups excluding carboxylic acids is 3. The lowest BCUT2D eigenvalue weighted by Crippen LogP contribution is -3.20. The van der Waals surface area contributed by atoms with Crippen molar-refractivity contribution < 1.29 is 24.0 Å². The molecule has 2 amide bonds. The molecule has 1 aromatic carbocycles. The summed E-state index contributed by atoms with van der Waals surface area (Å²) in [5, 5.41) is 5.56. The number of esters is 1. The van der Waals surface area contributed by atoms with Gasteiger partial charge in [0, 0.05) is 6.54 Å².